The molecule has 57 heavy (non-hydrogen) atoms. The summed E-state index contributed by atoms with van der Waals surface area (Å²) in [5, 5.41) is 9.71. The molecule has 302 valence electrons. The molecule has 2 aliphatic heterocycles. The molecule has 0 spiro atoms. The molecule has 0 bridgehead atoms. The lowest BCUT2D eigenvalue weighted by atomic mass is 9.84. The van der Waals surface area contributed by atoms with Gasteiger partial charge in [-0.3, -0.25) is 0 Å². The van der Waals surface area contributed by atoms with Crippen molar-refractivity contribution in [3.63, 3.8) is 0 Å². The van der Waals surface area contributed by atoms with E-state index in [9.17, 15) is 4.79 Å². The number of anilines is 2. The van der Waals surface area contributed by atoms with E-state index in [0.29, 0.717) is 34.7 Å². The second-order valence-electron chi connectivity index (χ2n) is 15.6. The molecule has 2 aromatic heterocycles. The Bertz CT molecular complexity index is 2140. The third-order valence-electron chi connectivity index (χ3n) is 11.8. The predicted molar refractivity (Wildman–Crippen MR) is 223 cm³/mol. The Balaban J connectivity index is 0.914. The van der Waals surface area contributed by atoms with Crippen LogP contribution in [0.5, 0.6) is 5.75 Å². The minimum Gasteiger partial charge on any atom is -0.491 e. The summed E-state index contributed by atoms with van der Waals surface area (Å²) in [5.41, 5.74) is 5.34. The molecule has 3 fully saturated rings. The lowest BCUT2D eigenvalue weighted by molar-refractivity contribution is -0.190. The average Bonchev–Trinajstić information content (AvgIpc) is 3.98. The number of aromatic nitrogens is 6. The molecule has 14 heteroatoms. The molecule has 12 nitrogen and oxygen atoms in total. The third kappa shape index (κ3) is 8.74. The Morgan fingerprint density at radius 3 is 2.33 bits per heavy atom. The summed E-state index contributed by atoms with van der Waals surface area (Å²) in [5.74, 6) is 0.0778. The van der Waals surface area contributed by atoms with Crippen molar-refractivity contribution < 1.29 is 14.2 Å². The highest BCUT2D eigenvalue weighted by molar-refractivity contribution is 6.35. The van der Waals surface area contributed by atoms with E-state index in [0.717, 1.165) is 44.0 Å². The summed E-state index contributed by atoms with van der Waals surface area (Å²) in [6, 6.07) is 20.3. The van der Waals surface area contributed by atoms with Crippen LogP contribution in [0.4, 0.5) is 11.4 Å². The summed E-state index contributed by atoms with van der Waals surface area (Å²) in [7, 11) is 0. The largest absolute Gasteiger partial charge is 0.491 e. The van der Waals surface area contributed by atoms with Crippen LogP contribution in [0.3, 0.4) is 0 Å². The highest BCUT2D eigenvalue weighted by atomic mass is 35.5. The zero-order valence-electron chi connectivity index (χ0n) is 32.8. The fourth-order valence-electron chi connectivity index (χ4n) is 8.47. The average molecular weight is 816 g/mol. The molecule has 3 aromatic carbocycles. The van der Waals surface area contributed by atoms with Crippen molar-refractivity contribution in [2.24, 2.45) is 0 Å². The summed E-state index contributed by atoms with van der Waals surface area (Å²) in [6.07, 6.45) is 14.1. The Morgan fingerprint density at radius 2 is 1.61 bits per heavy atom. The Labute approximate surface area is 344 Å². The van der Waals surface area contributed by atoms with Gasteiger partial charge < -0.3 is 24.0 Å². The van der Waals surface area contributed by atoms with Crippen molar-refractivity contribution in [3.05, 3.63) is 111 Å². The van der Waals surface area contributed by atoms with Gasteiger partial charge in [-0.05, 0) is 92.3 Å². The van der Waals surface area contributed by atoms with Crippen molar-refractivity contribution >= 4 is 34.6 Å². The monoisotopic (exact) mass is 814 g/mol. The Morgan fingerprint density at radius 1 is 0.877 bits per heavy atom. The first kappa shape index (κ1) is 39.5. The van der Waals surface area contributed by atoms with E-state index in [2.05, 4.69) is 62.2 Å². The Kier molecular flexibility index (Phi) is 12.2. The number of hydrogen-bond donors (Lipinski definition) is 0. The van der Waals surface area contributed by atoms with Gasteiger partial charge in [0, 0.05) is 48.1 Å². The van der Waals surface area contributed by atoms with Gasteiger partial charge in [0.1, 0.15) is 44.0 Å². The molecule has 8 rings (SSSR count). The minimum atomic E-state index is -1.16. The third-order valence-corrected chi connectivity index (χ3v) is 12.4. The molecular formula is C43H52Cl2N8O4. The first-order valence-electron chi connectivity index (χ1n) is 20.4. The van der Waals surface area contributed by atoms with Crippen molar-refractivity contribution in [2.75, 3.05) is 49.2 Å². The number of benzene rings is 3. The highest BCUT2D eigenvalue weighted by Gasteiger charge is 2.45. The van der Waals surface area contributed by atoms with Crippen LogP contribution in [0.25, 0.3) is 5.69 Å². The molecule has 3 atom stereocenters. The summed E-state index contributed by atoms with van der Waals surface area (Å²) in [6.45, 7) is 8.66. The quantitative estimate of drug-likeness (QED) is 0.123. The van der Waals surface area contributed by atoms with Crippen LogP contribution in [0, 0.1) is 0 Å². The fraction of sp³-hybridized carbons (Fsp3) is 0.488. The highest BCUT2D eigenvalue weighted by Crippen LogP contribution is 2.41. The van der Waals surface area contributed by atoms with Gasteiger partial charge in [0.05, 0.1) is 23.4 Å². The summed E-state index contributed by atoms with van der Waals surface area (Å²) >= 11 is 12.8. The van der Waals surface area contributed by atoms with Crippen LogP contribution in [0.15, 0.2) is 84.4 Å². The first-order chi connectivity index (χ1) is 27.8. The molecule has 1 unspecified atom stereocenters. The topological polar surface area (TPSA) is 105 Å². The van der Waals surface area contributed by atoms with Gasteiger partial charge in [0.15, 0.2) is 0 Å². The van der Waals surface area contributed by atoms with Crippen molar-refractivity contribution in [2.45, 2.75) is 95.6 Å². The normalized spacial score (nSPS) is 21.4. The van der Waals surface area contributed by atoms with Gasteiger partial charge in [-0.15, -0.1) is 0 Å². The standard InChI is InChI=1S/C43H52Cl2N8O4/c1-3-31(2)53-42(54)52(30-48-53)35-14-18-41(38(24-35)32-9-7-5-4-6-8-10-32)50-21-19-49(20-22-50)34-12-15-36(16-13-34)55-25-37-26-56-43(57-37,27-51-29-46-28-47-51)39-17-11-33(44)23-40(39)45/h11-18,23-24,28-32,37H,3-10,19-22,25-27H2,1-2H3/t31?,37-,43-/m1/s1. The predicted octanol–water partition coefficient (Wildman–Crippen LogP) is 8.41. The fourth-order valence-corrected chi connectivity index (χ4v) is 9.03. The molecule has 0 N–H and O–H groups in total. The van der Waals surface area contributed by atoms with Crippen molar-refractivity contribution in [3.8, 4) is 11.4 Å². The van der Waals surface area contributed by atoms with E-state index >= 15 is 0 Å². The van der Waals surface area contributed by atoms with Gasteiger partial charge in [0.25, 0.3) is 0 Å². The number of hydrogen-bond acceptors (Lipinski definition) is 9. The van der Waals surface area contributed by atoms with E-state index in [4.69, 9.17) is 37.4 Å². The molecule has 0 amide bonds. The molecule has 1 aliphatic carbocycles. The second-order valence-corrected chi connectivity index (χ2v) is 16.4. The number of nitrogens with zero attached hydrogens (tertiary/aromatic N) is 8. The van der Waals surface area contributed by atoms with E-state index < -0.39 is 5.79 Å². The number of rotatable bonds is 12. The van der Waals surface area contributed by atoms with Crippen LogP contribution in [0.2, 0.25) is 10.0 Å². The molecule has 4 heterocycles. The zero-order chi connectivity index (χ0) is 39.4. The van der Waals surface area contributed by atoms with Crippen LogP contribution >= 0.6 is 23.2 Å². The smallest absolute Gasteiger partial charge is 0.350 e. The number of halogens is 2. The maximum absolute atomic E-state index is 13.4. The lowest BCUT2D eigenvalue weighted by Gasteiger charge is -2.39. The van der Waals surface area contributed by atoms with Crippen molar-refractivity contribution in [1.82, 2.24) is 29.1 Å². The zero-order valence-corrected chi connectivity index (χ0v) is 34.3. The van der Waals surface area contributed by atoms with Crippen molar-refractivity contribution in [1.29, 1.82) is 0 Å². The van der Waals surface area contributed by atoms with E-state index in [1.807, 2.05) is 25.1 Å². The van der Waals surface area contributed by atoms with Gasteiger partial charge in [-0.1, -0.05) is 68.3 Å². The number of piperazine rings is 1. The van der Waals surface area contributed by atoms with Gasteiger partial charge in [-0.25, -0.2) is 23.7 Å². The maximum Gasteiger partial charge on any atom is 0.350 e. The summed E-state index contributed by atoms with van der Waals surface area (Å²) in [4.78, 5) is 22.4. The lowest BCUT2D eigenvalue weighted by Crippen LogP contribution is -2.47. The first-order valence-corrected chi connectivity index (χ1v) is 21.2. The SMILES string of the molecule is CCC(C)n1ncn(-c2ccc(N3CCN(c4ccc(OC[C@@H]5CO[C@@](Cn6cncn6)(c6ccc(Cl)cc6Cl)O5)cc4)CC3)c(C3CCCCCCC3)c2)c1=O. The summed E-state index contributed by atoms with van der Waals surface area (Å²) < 4.78 is 24.0. The number of ether oxygens (including phenoxy) is 3. The molecule has 2 saturated heterocycles. The van der Waals surface area contributed by atoms with Gasteiger partial charge in [-0.2, -0.15) is 10.2 Å². The molecular weight excluding hydrogens is 763 g/mol. The van der Waals surface area contributed by atoms with Crippen LogP contribution < -0.4 is 20.2 Å². The van der Waals surface area contributed by atoms with Gasteiger partial charge >= 0.3 is 5.69 Å². The second kappa shape index (κ2) is 17.6. The van der Waals surface area contributed by atoms with Crippen LogP contribution in [0.1, 0.15) is 88.3 Å². The molecule has 0 radical (unpaired) electrons. The molecule has 1 saturated carbocycles. The minimum absolute atomic E-state index is 0.0599. The van der Waals surface area contributed by atoms with E-state index in [1.54, 1.807) is 38.7 Å². The molecule has 5 aromatic rings. The molecule has 3 aliphatic rings. The van der Waals surface area contributed by atoms with Crippen LogP contribution in [-0.2, 0) is 21.8 Å². The van der Waals surface area contributed by atoms with Crippen LogP contribution in [-0.4, -0.2) is 74.6 Å². The Hall–Kier alpha value is -4.36. The maximum atomic E-state index is 13.4. The van der Waals surface area contributed by atoms with Gasteiger partial charge in [0.2, 0.25) is 5.79 Å². The van der Waals surface area contributed by atoms with E-state index in [-0.39, 0.29) is 24.4 Å². The van der Waals surface area contributed by atoms with E-state index in [1.165, 1.54) is 68.2 Å².